The van der Waals surface area contributed by atoms with Crippen LogP contribution < -0.4 is 0 Å². The second kappa shape index (κ2) is 3.99. The van der Waals surface area contributed by atoms with E-state index in [-0.39, 0.29) is 6.61 Å². The third-order valence-corrected chi connectivity index (χ3v) is 2.72. The molecule has 0 aliphatic rings. The molecule has 2 aromatic heterocycles. The van der Waals surface area contributed by atoms with Crippen molar-refractivity contribution in [1.82, 2.24) is 14.4 Å². The van der Waals surface area contributed by atoms with E-state index in [1.807, 2.05) is 41.1 Å². The van der Waals surface area contributed by atoms with Crippen LogP contribution in [0.25, 0.3) is 16.9 Å². The number of aliphatic hydroxyl groups excluding tert-OH is 1. The first-order valence-electron chi connectivity index (χ1n) is 5.36. The van der Waals surface area contributed by atoms with Gasteiger partial charge in [-0.15, -0.1) is 0 Å². The maximum atomic E-state index is 9.14. The fraction of sp³-hybridized carbons (Fsp3) is 0.0769. The Hall–Kier alpha value is -2.20. The highest BCUT2D eigenvalue weighted by molar-refractivity contribution is 5.63. The fourth-order valence-electron chi connectivity index (χ4n) is 1.88. The molecule has 2 heterocycles. The number of nitrogens with zero attached hydrogens (tertiary/aromatic N) is 3. The van der Waals surface area contributed by atoms with Gasteiger partial charge >= 0.3 is 0 Å². The van der Waals surface area contributed by atoms with Crippen molar-refractivity contribution < 1.29 is 5.11 Å². The number of hydrogen-bond acceptors (Lipinski definition) is 3. The van der Waals surface area contributed by atoms with Gasteiger partial charge in [-0.25, -0.2) is 4.98 Å². The van der Waals surface area contributed by atoms with Gasteiger partial charge in [-0.2, -0.15) is 0 Å². The van der Waals surface area contributed by atoms with Crippen LogP contribution >= 0.6 is 0 Å². The van der Waals surface area contributed by atoms with Crippen LogP contribution in [-0.2, 0) is 6.61 Å². The number of benzene rings is 1. The third kappa shape index (κ3) is 1.68. The Balaban J connectivity index is 2.20. The van der Waals surface area contributed by atoms with Crippen molar-refractivity contribution in [3.63, 3.8) is 0 Å². The van der Waals surface area contributed by atoms with Crippen LogP contribution in [0.15, 0.2) is 49.1 Å². The Morgan fingerprint density at radius 2 is 2.18 bits per heavy atom. The summed E-state index contributed by atoms with van der Waals surface area (Å²) in [6, 6.07) is 7.79. The monoisotopic (exact) mass is 225 g/mol. The molecule has 0 atom stereocenters. The predicted octanol–water partition coefficient (Wildman–Crippen LogP) is 1.89. The molecule has 0 aliphatic carbocycles. The van der Waals surface area contributed by atoms with Gasteiger partial charge in [0.2, 0.25) is 0 Å². The third-order valence-electron chi connectivity index (χ3n) is 2.72. The van der Waals surface area contributed by atoms with Crippen LogP contribution in [0.4, 0.5) is 0 Å². The normalized spacial score (nSPS) is 10.9. The van der Waals surface area contributed by atoms with E-state index in [9.17, 15) is 0 Å². The summed E-state index contributed by atoms with van der Waals surface area (Å²) in [5.41, 5.74) is 3.75. The lowest BCUT2D eigenvalue weighted by Gasteiger charge is -2.03. The molecule has 3 rings (SSSR count). The Bertz CT molecular complexity index is 660. The topological polar surface area (TPSA) is 50.4 Å². The first-order valence-corrected chi connectivity index (χ1v) is 5.36. The lowest BCUT2D eigenvalue weighted by molar-refractivity contribution is 0.282. The Morgan fingerprint density at radius 3 is 3.06 bits per heavy atom. The maximum Gasteiger partial charge on any atom is 0.155 e. The zero-order valence-electron chi connectivity index (χ0n) is 9.11. The lowest BCUT2D eigenvalue weighted by Crippen LogP contribution is -1.90. The molecule has 0 bridgehead atoms. The molecule has 0 radical (unpaired) electrons. The van der Waals surface area contributed by atoms with E-state index in [0.29, 0.717) is 0 Å². The van der Waals surface area contributed by atoms with E-state index in [2.05, 4.69) is 9.97 Å². The molecule has 0 saturated heterocycles. The van der Waals surface area contributed by atoms with Crippen molar-refractivity contribution in [1.29, 1.82) is 0 Å². The summed E-state index contributed by atoms with van der Waals surface area (Å²) < 4.78 is 1.98. The molecule has 1 N–H and O–H groups in total. The van der Waals surface area contributed by atoms with Gasteiger partial charge in [0, 0.05) is 18.0 Å². The van der Waals surface area contributed by atoms with Gasteiger partial charge < -0.3 is 5.11 Å². The number of rotatable bonds is 2. The van der Waals surface area contributed by atoms with Crippen LogP contribution in [0.5, 0.6) is 0 Å². The molecule has 0 unspecified atom stereocenters. The zero-order valence-corrected chi connectivity index (χ0v) is 9.11. The minimum Gasteiger partial charge on any atom is -0.392 e. The van der Waals surface area contributed by atoms with Crippen LogP contribution in [0.3, 0.4) is 0 Å². The van der Waals surface area contributed by atoms with Crippen molar-refractivity contribution in [3.8, 4) is 11.3 Å². The number of fused-ring (bicyclic) bond motifs is 1. The molecule has 84 valence electrons. The summed E-state index contributed by atoms with van der Waals surface area (Å²) in [6.07, 6.45) is 7.14. The largest absolute Gasteiger partial charge is 0.392 e. The molecule has 17 heavy (non-hydrogen) atoms. The summed E-state index contributed by atoms with van der Waals surface area (Å²) in [5, 5.41) is 9.14. The minimum absolute atomic E-state index is 0.0477. The second-order valence-corrected chi connectivity index (χ2v) is 3.81. The van der Waals surface area contributed by atoms with E-state index < -0.39 is 0 Å². The molecule has 1 aromatic carbocycles. The van der Waals surface area contributed by atoms with Gasteiger partial charge in [0.15, 0.2) is 5.65 Å². The number of imidazole rings is 1. The first kappa shape index (κ1) is 9.99. The Labute approximate surface area is 98.2 Å². The van der Waals surface area contributed by atoms with Gasteiger partial charge in [-0.1, -0.05) is 18.2 Å². The Morgan fingerprint density at radius 1 is 1.24 bits per heavy atom. The zero-order chi connectivity index (χ0) is 11.7. The van der Waals surface area contributed by atoms with Crippen molar-refractivity contribution in [2.75, 3.05) is 0 Å². The van der Waals surface area contributed by atoms with E-state index in [4.69, 9.17) is 5.11 Å². The van der Waals surface area contributed by atoms with Gasteiger partial charge in [-0.05, 0) is 11.6 Å². The quantitative estimate of drug-likeness (QED) is 0.724. The highest BCUT2D eigenvalue weighted by atomic mass is 16.3. The Kier molecular flexibility index (Phi) is 2.34. The van der Waals surface area contributed by atoms with Crippen molar-refractivity contribution in [3.05, 3.63) is 54.6 Å². The van der Waals surface area contributed by atoms with Crippen molar-refractivity contribution in [2.24, 2.45) is 0 Å². The summed E-state index contributed by atoms with van der Waals surface area (Å²) in [6.45, 7) is 0.0477. The lowest BCUT2D eigenvalue weighted by atomic mass is 10.1. The number of hydrogen-bond donors (Lipinski definition) is 1. The minimum atomic E-state index is 0.0477. The van der Waals surface area contributed by atoms with Gasteiger partial charge in [0.25, 0.3) is 0 Å². The van der Waals surface area contributed by atoms with Crippen molar-refractivity contribution >= 4 is 5.65 Å². The van der Waals surface area contributed by atoms with E-state index in [0.717, 1.165) is 22.5 Å². The summed E-state index contributed by atoms with van der Waals surface area (Å²) >= 11 is 0. The van der Waals surface area contributed by atoms with E-state index in [1.54, 1.807) is 12.4 Å². The molecule has 4 nitrogen and oxygen atoms in total. The van der Waals surface area contributed by atoms with E-state index >= 15 is 0 Å². The van der Waals surface area contributed by atoms with Crippen LogP contribution in [-0.4, -0.2) is 19.5 Å². The molecule has 0 spiro atoms. The highest BCUT2D eigenvalue weighted by Gasteiger charge is 2.05. The SMILES string of the molecule is OCc1cccc(-c2cnc3cnccn23)c1. The van der Waals surface area contributed by atoms with Gasteiger partial charge in [-0.3, -0.25) is 9.38 Å². The molecule has 0 fully saturated rings. The molecular weight excluding hydrogens is 214 g/mol. The molecule has 3 aromatic rings. The van der Waals surface area contributed by atoms with Crippen LogP contribution in [0.2, 0.25) is 0 Å². The van der Waals surface area contributed by atoms with Crippen molar-refractivity contribution in [2.45, 2.75) is 6.61 Å². The summed E-state index contributed by atoms with van der Waals surface area (Å²) in [5.74, 6) is 0. The predicted molar refractivity (Wildman–Crippen MR) is 64.3 cm³/mol. The maximum absolute atomic E-state index is 9.14. The summed E-state index contributed by atoms with van der Waals surface area (Å²) in [4.78, 5) is 8.32. The van der Waals surface area contributed by atoms with E-state index in [1.165, 1.54) is 0 Å². The molecule has 0 amide bonds. The average Bonchev–Trinajstić information content (AvgIpc) is 2.82. The first-order chi connectivity index (χ1) is 8.38. The highest BCUT2D eigenvalue weighted by Crippen LogP contribution is 2.21. The number of aliphatic hydroxyl groups is 1. The van der Waals surface area contributed by atoms with Crippen LogP contribution in [0.1, 0.15) is 5.56 Å². The smallest absolute Gasteiger partial charge is 0.155 e. The standard InChI is InChI=1S/C13H11N3O/c17-9-10-2-1-3-11(6-10)12-7-15-13-8-14-4-5-16(12)13/h1-8,17H,9H2. The molecule has 0 saturated carbocycles. The van der Waals surface area contributed by atoms with Crippen LogP contribution in [0, 0.1) is 0 Å². The van der Waals surface area contributed by atoms with Gasteiger partial charge in [0.1, 0.15) is 0 Å². The van der Waals surface area contributed by atoms with Gasteiger partial charge in [0.05, 0.1) is 24.7 Å². The second-order valence-electron chi connectivity index (χ2n) is 3.81. The average molecular weight is 225 g/mol. The number of aromatic nitrogens is 3. The molecular formula is C13H11N3O. The fourth-order valence-corrected chi connectivity index (χ4v) is 1.88. The summed E-state index contributed by atoms with van der Waals surface area (Å²) in [7, 11) is 0. The molecule has 4 heteroatoms. The molecule has 0 aliphatic heterocycles.